The van der Waals surface area contributed by atoms with Crippen molar-refractivity contribution in [3.05, 3.63) is 69.9 Å². The fraction of sp³-hybridized carbons (Fsp3) is 0.360. The van der Waals surface area contributed by atoms with E-state index in [0.717, 1.165) is 28.0 Å². The lowest BCUT2D eigenvalue weighted by Crippen LogP contribution is -2.45. The topological polar surface area (TPSA) is 71.1 Å². The highest BCUT2D eigenvalue weighted by atomic mass is 16.5. The predicted octanol–water partition coefficient (Wildman–Crippen LogP) is 3.36. The van der Waals surface area contributed by atoms with E-state index in [4.69, 9.17) is 9.47 Å². The summed E-state index contributed by atoms with van der Waals surface area (Å²) in [5.74, 6) is 1.31. The van der Waals surface area contributed by atoms with Crippen molar-refractivity contribution < 1.29 is 19.1 Å². The number of hydrogen-bond donors (Lipinski definition) is 1. The molecule has 32 heavy (non-hydrogen) atoms. The van der Waals surface area contributed by atoms with Crippen LogP contribution in [0.2, 0.25) is 0 Å². The highest BCUT2D eigenvalue weighted by Gasteiger charge is 2.43. The molecule has 0 saturated carbocycles. The van der Waals surface area contributed by atoms with E-state index in [9.17, 15) is 9.59 Å². The third-order valence-corrected chi connectivity index (χ3v) is 6.29. The lowest BCUT2D eigenvalue weighted by atomic mass is 9.91. The van der Waals surface area contributed by atoms with Gasteiger partial charge in [-0.05, 0) is 49.1 Å². The molecular weight excluding hydrogens is 406 g/mol. The number of benzene rings is 2. The van der Waals surface area contributed by atoms with Gasteiger partial charge in [-0.3, -0.25) is 9.69 Å². The Labute approximate surface area is 188 Å². The van der Waals surface area contributed by atoms with Crippen LogP contribution < -0.4 is 14.8 Å². The van der Waals surface area contributed by atoms with Gasteiger partial charge in [-0.15, -0.1) is 0 Å². The molecule has 1 atom stereocenters. The number of rotatable bonds is 6. The van der Waals surface area contributed by atoms with E-state index in [1.54, 1.807) is 26.2 Å². The lowest BCUT2D eigenvalue weighted by molar-refractivity contribution is -0.125. The Morgan fingerprint density at radius 2 is 1.78 bits per heavy atom. The highest BCUT2D eigenvalue weighted by molar-refractivity contribution is 6.01. The summed E-state index contributed by atoms with van der Waals surface area (Å²) in [4.78, 5) is 29.5. The molecule has 2 aliphatic heterocycles. The second-order valence-corrected chi connectivity index (χ2v) is 8.33. The smallest absolute Gasteiger partial charge is 0.322 e. The summed E-state index contributed by atoms with van der Waals surface area (Å²) < 4.78 is 10.7. The van der Waals surface area contributed by atoms with Gasteiger partial charge in [-0.1, -0.05) is 29.8 Å². The van der Waals surface area contributed by atoms with E-state index in [2.05, 4.69) is 11.4 Å². The van der Waals surface area contributed by atoms with Gasteiger partial charge in [0.1, 0.15) is 0 Å². The Bertz CT molecular complexity index is 1110. The van der Waals surface area contributed by atoms with Crippen LogP contribution in [0.5, 0.6) is 11.5 Å². The van der Waals surface area contributed by atoms with E-state index < -0.39 is 6.04 Å². The number of amides is 3. The summed E-state index contributed by atoms with van der Waals surface area (Å²) in [5, 5.41) is 3.02. The third-order valence-electron chi connectivity index (χ3n) is 6.29. The van der Waals surface area contributed by atoms with E-state index in [0.29, 0.717) is 36.6 Å². The number of nitrogens with zero attached hydrogens (tertiary/aromatic N) is 2. The summed E-state index contributed by atoms with van der Waals surface area (Å²) in [7, 11) is 4.93. The van der Waals surface area contributed by atoms with Crippen molar-refractivity contribution in [2.45, 2.75) is 26.3 Å². The van der Waals surface area contributed by atoms with Crippen LogP contribution in [0, 0.1) is 13.8 Å². The molecule has 0 radical (unpaired) electrons. The minimum absolute atomic E-state index is 0.0303. The summed E-state index contributed by atoms with van der Waals surface area (Å²) in [6.07, 6.45) is 0.673. The maximum absolute atomic E-state index is 13.4. The molecular formula is C25H29N3O4. The predicted molar refractivity (Wildman–Crippen MR) is 122 cm³/mol. The minimum Gasteiger partial charge on any atom is -0.493 e. The lowest BCUT2D eigenvalue weighted by Gasteiger charge is -2.31. The number of nitrogens with one attached hydrogen (secondary N) is 1. The molecule has 1 N–H and O–H groups in total. The fourth-order valence-corrected chi connectivity index (χ4v) is 4.49. The molecule has 1 unspecified atom stereocenters. The molecule has 4 rings (SSSR count). The van der Waals surface area contributed by atoms with Crippen molar-refractivity contribution in [3.8, 4) is 11.5 Å². The number of carbonyl (C=O) groups excluding carboxylic acids is 2. The SMILES string of the molecule is COc1ccc(CCN2CC3=C(C2=O)C(c2ccc(C)cc2C)NC(=O)N3C)cc1OC. The average molecular weight is 436 g/mol. The van der Waals surface area contributed by atoms with Crippen LogP contribution >= 0.6 is 0 Å². The number of aryl methyl sites for hydroxylation is 2. The molecule has 3 amide bonds. The molecule has 0 spiro atoms. The van der Waals surface area contributed by atoms with Crippen LogP contribution in [-0.4, -0.2) is 56.1 Å². The fourth-order valence-electron chi connectivity index (χ4n) is 4.49. The first-order valence-corrected chi connectivity index (χ1v) is 10.7. The van der Waals surface area contributed by atoms with Crippen molar-refractivity contribution in [1.29, 1.82) is 0 Å². The molecule has 2 aliphatic rings. The van der Waals surface area contributed by atoms with Gasteiger partial charge in [0.25, 0.3) is 5.91 Å². The van der Waals surface area contributed by atoms with Crippen molar-refractivity contribution in [2.24, 2.45) is 0 Å². The van der Waals surface area contributed by atoms with E-state index in [1.807, 2.05) is 49.1 Å². The van der Waals surface area contributed by atoms with Gasteiger partial charge in [-0.25, -0.2) is 4.79 Å². The molecule has 0 saturated heterocycles. The van der Waals surface area contributed by atoms with Gasteiger partial charge < -0.3 is 19.7 Å². The van der Waals surface area contributed by atoms with Gasteiger partial charge in [0.05, 0.1) is 38.1 Å². The number of methoxy groups -OCH3 is 2. The Morgan fingerprint density at radius 3 is 2.47 bits per heavy atom. The molecule has 7 heteroatoms. The standard InChI is InChI=1S/C25H29N3O4/c1-15-6-8-18(16(2)12-15)23-22-19(27(3)25(30)26-23)14-28(24(22)29)11-10-17-7-9-20(31-4)21(13-17)32-5/h6-9,12-13,23H,10-11,14H2,1-5H3,(H,26,30). The van der Waals surface area contributed by atoms with Gasteiger partial charge >= 0.3 is 6.03 Å². The third kappa shape index (κ3) is 3.79. The van der Waals surface area contributed by atoms with Crippen molar-refractivity contribution in [1.82, 2.24) is 15.1 Å². The Kier molecular flexibility index (Phi) is 5.82. The van der Waals surface area contributed by atoms with Gasteiger partial charge in [0.15, 0.2) is 11.5 Å². The van der Waals surface area contributed by atoms with E-state index in [1.165, 1.54) is 0 Å². The summed E-state index contributed by atoms with van der Waals surface area (Å²) in [5.41, 5.74) is 5.65. The molecule has 168 valence electrons. The zero-order valence-corrected chi connectivity index (χ0v) is 19.2. The number of likely N-dealkylation sites (N-methyl/N-ethyl adjacent to an activating group) is 1. The normalized spacial score (nSPS) is 18.1. The molecule has 0 aliphatic carbocycles. The van der Waals surface area contributed by atoms with Crippen LogP contribution in [-0.2, 0) is 11.2 Å². The zero-order chi connectivity index (χ0) is 23.0. The second kappa shape index (κ2) is 8.57. The van der Waals surface area contributed by atoms with Crippen LogP contribution in [0.25, 0.3) is 0 Å². The molecule has 7 nitrogen and oxygen atoms in total. The molecule has 0 aromatic heterocycles. The summed E-state index contributed by atoms with van der Waals surface area (Å²) in [6.45, 7) is 5.02. The second-order valence-electron chi connectivity index (χ2n) is 8.33. The first-order valence-electron chi connectivity index (χ1n) is 10.7. The first kappa shape index (κ1) is 21.7. The number of carbonyl (C=O) groups is 2. The molecule has 0 fully saturated rings. The average Bonchev–Trinajstić information content (AvgIpc) is 3.11. The Balaban J connectivity index is 1.57. The largest absolute Gasteiger partial charge is 0.493 e. The maximum Gasteiger partial charge on any atom is 0.322 e. The molecule has 2 heterocycles. The minimum atomic E-state index is -0.437. The van der Waals surface area contributed by atoms with E-state index >= 15 is 0 Å². The molecule has 0 bridgehead atoms. The monoisotopic (exact) mass is 435 g/mol. The van der Waals surface area contributed by atoms with Gasteiger partial charge in [-0.2, -0.15) is 0 Å². The van der Waals surface area contributed by atoms with Gasteiger partial charge in [0.2, 0.25) is 0 Å². The van der Waals surface area contributed by atoms with Crippen molar-refractivity contribution >= 4 is 11.9 Å². The highest BCUT2D eigenvalue weighted by Crippen LogP contribution is 2.37. The summed E-state index contributed by atoms with van der Waals surface area (Å²) >= 11 is 0. The number of hydrogen-bond acceptors (Lipinski definition) is 4. The molecule has 2 aromatic carbocycles. The van der Waals surface area contributed by atoms with Crippen LogP contribution in [0.4, 0.5) is 4.79 Å². The number of ether oxygens (including phenoxy) is 2. The Hall–Kier alpha value is -3.48. The maximum atomic E-state index is 13.4. The summed E-state index contributed by atoms with van der Waals surface area (Å²) in [6, 6.07) is 11.3. The quantitative estimate of drug-likeness (QED) is 0.755. The van der Waals surface area contributed by atoms with Crippen LogP contribution in [0.3, 0.4) is 0 Å². The zero-order valence-electron chi connectivity index (χ0n) is 19.2. The van der Waals surface area contributed by atoms with Gasteiger partial charge in [0, 0.05) is 13.6 Å². The first-order chi connectivity index (χ1) is 15.3. The van der Waals surface area contributed by atoms with Crippen molar-refractivity contribution in [3.63, 3.8) is 0 Å². The molecule has 2 aromatic rings. The van der Waals surface area contributed by atoms with E-state index in [-0.39, 0.29) is 11.9 Å². The van der Waals surface area contributed by atoms with Crippen molar-refractivity contribution in [2.75, 3.05) is 34.4 Å². The van der Waals surface area contributed by atoms with Crippen LogP contribution in [0.1, 0.15) is 28.3 Å². The Morgan fingerprint density at radius 1 is 1.03 bits per heavy atom. The number of urea groups is 1. The van der Waals surface area contributed by atoms with Crippen LogP contribution in [0.15, 0.2) is 47.7 Å².